The highest BCUT2D eigenvalue weighted by molar-refractivity contribution is 6.29. The molecule has 0 saturated heterocycles. The Labute approximate surface area is 94.8 Å². The predicted molar refractivity (Wildman–Crippen MR) is 62.4 cm³/mol. The lowest BCUT2D eigenvalue weighted by Gasteiger charge is -2.34. The van der Waals surface area contributed by atoms with Crippen molar-refractivity contribution in [3.8, 4) is 0 Å². The van der Waals surface area contributed by atoms with E-state index in [1.807, 2.05) is 23.1 Å². The normalized spacial score (nSPS) is 19.9. The SMILES string of the molecule is C[C@H]1CCc2ccccc2N1C(=O)CCl. The average Bonchev–Trinajstić information content (AvgIpc) is 2.28. The van der Waals surface area contributed by atoms with E-state index in [4.69, 9.17) is 11.6 Å². The Kier molecular flexibility index (Phi) is 2.96. The Hall–Kier alpha value is -1.02. The summed E-state index contributed by atoms with van der Waals surface area (Å²) < 4.78 is 0. The number of aryl methyl sites for hydroxylation is 1. The third kappa shape index (κ3) is 1.86. The molecule has 1 amide bonds. The molecule has 2 nitrogen and oxygen atoms in total. The maximum atomic E-state index is 11.7. The fourth-order valence-electron chi connectivity index (χ4n) is 2.13. The summed E-state index contributed by atoms with van der Waals surface area (Å²) >= 11 is 5.63. The number of benzene rings is 1. The molecule has 0 unspecified atom stereocenters. The van der Waals surface area contributed by atoms with Crippen molar-refractivity contribution in [1.82, 2.24) is 0 Å². The van der Waals surface area contributed by atoms with Gasteiger partial charge >= 0.3 is 0 Å². The number of anilines is 1. The van der Waals surface area contributed by atoms with Crippen LogP contribution in [0.5, 0.6) is 0 Å². The van der Waals surface area contributed by atoms with Gasteiger partial charge < -0.3 is 4.90 Å². The first-order chi connectivity index (χ1) is 7.24. The third-order valence-corrected chi connectivity index (χ3v) is 3.14. The summed E-state index contributed by atoms with van der Waals surface area (Å²) in [5.74, 6) is 0.0508. The number of carbonyl (C=O) groups excluding carboxylic acids is 1. The first-order valence-electron chi connectivity index (χ1n) is 5.20. The van der Waals surface area contributed by atoms with Crippen LogP contribution in [0.2, 0.25) is 0 Å². The van der Waals surface area contributed by atoms with E-state index in [1.54, 1.807) is 0 Å². The average molecular weight is 224 g/mol. The molecule has 0 fully saturated rings. The minimum atomic E-state index is -0.00341. The van der Waals surface area contributed by atoms with Gasteiger partial charge in [0.15, 0.2) is 0 Å². The van der Waals surface area contributed by atoms with Gasteiger partial charge in [-0.3, -0.25) is 4.79 Å². The summed E-state index contributed by atoms with van der Waals surface area (Å²) in [5.41, 5.74) is 2.27. The summed E-state index contributed by atoms with van der Waals surface area (Å²) in [6.45, 7) is 2.07. The zero-order chi connectivity index (χ0) is 10.8. The van der Waals surface area contributed by atoms with Gasteiger partial charge in [-0.25, -0.2) is 0 Å². The fourth-order valence-corrected chi connectivity index (χ4v) is 2.26. The second kappa shape index (κ2) is 4.23. The van der Waals surface area contributed by atoms with Crippen LogP contribution in [0.1, 0.15) is 18.9 Å². The minimum absolute atomic E-state index is 0.00341. The fraction of sp³-hybridized carbons (Fsp3) is 0.417. The van der Waals surface area contributed by atoms with Gasteiger partial charge in [-0.2, -0.15) is 0 Å². The standard InChI is InChI=1S/C12H14ClNO/c1-9-6-7-10-4-2-3-5-11(10)14(9)12(15)8-13/h2-5,9H,6-8H2,1H3/t9-/m0/s1. The molecular formula is C12H14ClNO. The number of hydrogen-bond acceptors (Lipinski definition) is 1. The van der Waals surface area contributed by atoms with Crippen LogP contribution in [0.3, 0.4) is 0 Å². The molecule has 0 N–H and O–H groups in total. The Morgan fingerprint density at radius 1 is 1.53 bits per heavy atom. The second-order valence-corrected chi connectivity index (χ2v) is 4.18. The lowest BCUT2D eigenvalue weighted by Crippen LogP contribution is -2.42. The van der Waals surface area contributed by atoms with E-state index in [0.29, 0.717) is 0 Å². The number of amides is 1. The van der Waals surface area contributed by atoms with Crippen LogP contribution in [0, 0.1) is 0 Å². The van der Waals surface area contributed by atoms with Gasteiger partial charge in [0.1, 0.15) is 5.88 Å². The van der Waals surface area contributed by atoms with Gasteiger partial charge in [0.25, 0.3) is 0 Å². The number of hydrogen-bond donors (Lipinski definition) is 0. The minimum Gasteiger partial charge on any atom is -0.308 e. The van der Waals surface area contributed by atoms with Gasteiger partial charge in [0.05, 0.1) is 0 Å². The number of halogens is 1. The quantitative estimate of drug-likeness (QED) is 0.671. The van der Waals surface area contributed by atoms with E-state index in [0.717, 1.165) is 18.5 Å². The van der Waals surface area contributed by atoms with Crippen molar-refractivity contribution in [2.75, 3.05) is 10.8 Å². The first-order valence-corrected chi connectivity index (χ1v) is 5.73. The number of carbonyl (C=O) groups is 1. The molecule has 15 heavy (non-hydrogen) atoms. The van der Waals surface area contributed by atoms with Gasteiger partial charge in [-0.05, 0) is 31.4 Å². The molecular weight excluding hydrogens is 210 g/mol. The molecule has 1 aromatic carbocycles. The monoisotopic (exact) mass is 223 g/mol. The highest BCUT2D eigenvalue weighted by atomic mass is 35.5. The van der Waals surface area contributed by atoms with Crippen LogP contribution >= 0.6 is 11.6 Å². The van der Waals surface area contributed by atoms with Gasteiger partial charge in [0, 0.05) is 11.7 Å². The number of nitrogens with zero attached hydrogens (tertiary/aromatic N) is 1. The molecule has 1 aromatic rings. The highest BCUT2D eigenvalue weighted by Gasteiger charge is 2.26. The zero-order valence-electron chi connectivity index (χ0n) is 8.74. The van der Waals surface area contributed by atoms with Crippen LogP contribution in [0.25, 0.3) is 0 Å². The molecule has 0 spiro atoms. The Balaban J connectivity index is 2.41. The van der Waals surface area contributed by atoms with E-state index in [-0.39, 0.29) is 17.8 Å². The Morgan fingerprint density at radius 2 is 2.27 bits per heavy atom. The van der Waals surface area contributed by atoms with Crippen LogP contribution < -0.4 is 4.90 Å². The molecule has 1 atom stereocenters. The smallest absolute Gasteiger partial charge is 0.242 e. The first kappa shape index (κ1) is 10.5. The van der Waals surface area contributed by atoms with E-state index >= 15 is 0 Å². The summed E-state index contributed by atoms with van der Waals surface area (Å²) in [6.07, 6.45) is 2.06. The number of rotatable bonds is 1. The summed E-state index contributed by atoms with van der Waals surface area (Å²) in [6, 6.07) is 8.31. The maximum Gasteiger partial charge on any atom is 0.242 e. The zero-order valence-corrected chi connectivity index (χ0v) is 9.50. The van der Waals surface area contributed by atoms with E-state index in [1.165, 1.54) is 5.56 Å². The lowest BCUT2D eigenvalue weighted by atomic mass is 9.97. The number of alkyl halides is 1. The number of para-hydroxylation sites is 1. The van der Waals surface area contributed by atoms with Crippen molar-refractivity contribution in [2.24, 2.45) is 0 Å². The van der Waals surface area contributed by atoms with Crippen LogP contribution in [0.15, 0.2) is 24.3 Å². The highest BCUT2D eigenvalue weighted by Crippen LogP contribution is 2.30. The van der Waals surface area contributed by atoms with Crippen LogP contribution in [-0.2, 0) is 11.2 Å². The molecule has 1 aliphatic rings. The summed E-state index contributed by atoms with van der Waals surface area (Å²) in [7, 11) is 0. The third-order valence-electron chi connectivity index (χ3n) is 2.91. The molecule has 80 valence electrons. The van der Waals surface area contributed by atoms with Crippen molar-refractivity contribution in [3.63, 3.8) is 0 Å². The summed E-state index contributed by atoms with van der Waals surface area (Å²) in [4.78, 5) is 13.6. The van der Waals surface area contributed by atoms with Crippen LogP contribution in [0.4, 0.5) is 5.69 Å². The largest absolute Gasteiger partial charge is 0.308 e. The lowest BCUT2D eigenvalue weighted by molar-refractivity contribution is -0.116. The molecule has 1 heterocycles. The van der Waals surface area contributed by atoms with Gasteiger partial charge in [-0.1, -0.05) is 18.2 Å². The topological polar surface area (TPSA) is 20.3 Å². The molecule has 0 saturated carbocycles. The summed E-state index contributed by atoms with van der Waals surface area (Å²) in [5, 5.41) is 0. The molecule has 0 aliphatic carbocycles. The van der Waals surface area contributed by atoms with E-state index in [2.05, 4.69) is 13.0 Å². The van der Waals surface area contributed by atoms with Crippen LogP contribution in [-0.4, -0.2) is 17.8 Å². The molecule has 2 rings (SSSR count). The van der Waals surface area contributed by atoms with Crippen molar-refractivity contribution in [2.45, 2.75) is 25.8 Å². The molecule has 0 aromatic heterocycles. The van der Waals surface area contributed by atoms with Crippen molar-refractivity contribution in [1.29, 1.82) is 0 Å². The van der Waals surface area contributed by atoms with Crippen molar-refractivity contribution >= 4 is 23.2 Å². The predicted octanol–water partition coefficient (Wildman–Crippen LogP) is 2.59. The van der Waals surface area contributed by atoms with Gasteiger partial charge in [0.2, 0.25) is 5.91 Å². The molecule has 0 bridgehead atoms. The Bertz CT molecular complexity index is 378. The van der Waals surface area contributed by atoms with Crippen molar-refractivity contribution in [3.05, 3.63) is 29.8 Å². The molecule has 0 radical (unpaired) electrons. The molecule has 1 aliphatic heterocycles. The second-order valence-electron chi connectivity index (χ2n) is 3.91. The Morgan fingerprint density at radius 3 is 3.00 bits per heavy atom. The maximum absolute atomic E-state index is 11.7. The number of fused-ring (bicyclic) bond motifs is 1. The van der Waals surface area contributed by atoms with E-state index in [9.17, 15) is 4.79 Å². The van der Waals surface area contributed by atoms with E-state index < -0.39 is 0 Å². The molecule has 3 heteroatoms. The van der Waals surface area contributed by atoms with Crippen molar-refractivity contribution < 1.29 is 4.79 Å². The van der Waals surface area contributed by atoms with Gasteiger partial charge in [-0.15, -0.1) is 11.6 Å².